The van der Waals surface area contributed by atoms with Gasteiger partial charge in [-0.1, -0.05) is 6.92 Å². The van der Waals surface area contributed by atoms with Crippen molar-refractivity contribution >= 4 is 0 Å². The highest BCUT2D eigenvalue weighted by atomic mass is 16.5. The molecule has 4 heteroatoms. The summed E-state index contributed by atoms with van der Waals surface area (Å²) in [7, 11) is 1.68. The van der Waals surface area contributed by atoms with Crippen LogP contribution in [0.3, 0.4) is 0 Å². The Morgan fingerprint density at radius 3 is 2.53 bits per heavy atom. The fourth-order valence-corrected chi connectivity index (χ4v) is 2.63. The maximum atomic E-state index is 9.23. The van der Waals surface area contributed by atoms with Crippen molar-refractivity contribution in [2.45, 2.75) is 38.8 Å². The lowest BCUT2D eigenvalue weighted by Crippen LogP contribution is -2.48. The minimum absolute atomic E-state index is 0.0687. The van der Waals surface area contributed by atoms with E-state index in [1.54, 1.807) is 7.11 Å². The van der Waals surface area contributed by atoms with E-state index in [0.29, 0.717) is 12.6 Å². The van der Waals surface area contributed by atoms with Gasteiger partial charge in [0.2, 0.25) is 0 Å². The van der Waals surface area contributed by atoms with Gasteiger partial charge in [-0.25, -0.2) is 0 Å². The smallest absolute Gasteiger partial charge is 0.0638 e. The average Bonchev–Trinajstić information content (AvgIpc) is 2.38. The molecule has 2 atom stereocenters. The highest BCUT2D eigenvalue weighted by molar-refractivity contribution is 4.81. The van der Waals surface area contributed by atoms with E-state index in [1.165, 1.54) is 25.9 Å². The van der Waals surface area contributed by atoms with Crippen LogP contribution in [-0.4, -0.2) is 62.0 Å². The van der Waals surface area contributed by atoms with Crippen LogP contribution < -0.4 is 5.32 Å². The van der Waals surface area contributed by atoms with E-state index in [9.17, 15) is 5.11 Å². The number of likely N-dealkylation sites (tertiary alicyclic amines) is 1. The van der Waals surface area contributed by atoms with Gasteiger partial charge in [-0.15, -0.1) is 0 Å². The van der Waals surface area contributed by atoms with Crippen LogP contribution in [0.15, 0.2) is 0 Å². The largest absolute Gasteiger partial charge is 0.395 e. The van der Waals surface area contributed by atoms with E-state index >= 15 is 0 Å². The minimum atomic E-state index is 0.0687. The number of hydrogen-bond acceptors (Lipinski definition) is 4. The van der Waals surface area contributed by atoms with E-state index < -0.39 is 0 Å². The predicted octanol–water partition coefficient (Wildman–Crippen LogP) is 0.704. The summed E-state index contributed by atoms with van der Waals surface area (Å²) in [6, 6.07) is 0.528. The fourth-order valence-electron chi connectivity index (χ4n) is 2.63. The number of hydrogen-bond donors (Lipinski definition) is 2. The van der Waals surface area contributed by atoms with Gasteiger partial charge in [0.25, 0.3) is 0 Å². The Bertz CT molecular complexity index is 194. The Morgan fingerprint density at radius 1 is 1.41 bits per heavy atom. The van der Waals surface area contributed by atoms with Crippen molar-refractivity contribution in [1.82, 2.24) is 10.2 Å². The molecule has 0 aromatic carbocycles. The second kappa shape index (κ2) is 8.03. The first-order valence-electron chi connectivity index (χ1n) is 6.79. The van der Waals surface area contributed by atoms with E-state index in [2.05, 4.69) is 24.1 Å². The highest BCUT2D eigenvalue weighted by Gasteiger charge is 2.24. The van der Waals surface area contributed by atoms with E-state index in [-0.39, 0.29) is 12.6 Å². The first-order chi connectivity index (χ1) is 8.21. The SMILES string of the molecule is CCN1CCC(C(C)NC(CO)COC)CC1. The highest BCUT2D eigenvalue weighted by Crippen LogP contribution is 2.20. The monoisotopic (exact) mass is 244 g/mol. The molecule has 0 aromatic rings. The van der Waals surface area contributed by atoms with Crippen molar-refractivity contribution in [3.8, 4) is 0 Å². The van der Waals surface area contributed by atoms with Gasteiger partial charge in [-0.3, -0.25) is 0 Å². The Labute approximate surface area is 105 Å². The summed E-state index contributed by atoms with van der Waals surface area (Å²) in [4.78, 5) is 2.50. The summed E-state index contributed by atoms with van der Waals surface area (Å²) in [5, 5.41) is 12.7. The second-order valence-electron chi connectivity index (χ2n) is 5.06. The number of aliphatic hydroxyl groups is 1. The molecule has 0 saturated carbocycles. The molecule has 0 aromatic heterocycles. The zero-order valence-electron chi connectivity index (χ0n) is 11.5. The quantitative estimate of drug-likeness (QED) is 0.692. The van der Waals surface area contributed by atoms with E-state index in [0.717, 1.165) is 12.5 Å². The molecule has 0 amide bonds. The zero-order valence-corrected chi connectivity index (χ0v) is 11.5. The number of ether oxygens (including phenoxy) is 1. The summed E-state index contributed by atoms with van der Waals surface area (Å²) in [6.07, 6.45) is 2.51. The molecule has 1 saturated heterocycles. The van der Waals surface area contributed by atoms with Crippen molar-refractivity contribution in [3.05, 3.63) is 0 Å². The molecule has 0 radical (unpaired) electrons. The molecule has 102 valence electrons. The lowest BCUT2D eigenvalue weighted by molar-refractivity contribution is 0.106. The van der Waals surface area contributed by atoms with Gasteiger partial charge in [0, 0.05) is 13.2 Å². The van der Waals surface area contributed by atoms with Crippen LogP contribution in [0, 0.1) is 5.92 Å². The van der Waals surface area contributed by atoms with Gasteiger partial charge >= 0.3 is 0 Å². The fraction of sp³-hybridized carbons (Fsp3) is 1.00. The molecule has 4 nitrogen and oxygen atoms in total. The Morgan fingerprint density at radius 2 is 2.06 bits per heavy atom. The molecule has 0 spiro atoms. The molecule has 1 heterocycles. The molecule has 1 aliphatic heterocycles. The standard InChI is InChI=1S/C13H28N2O2/c1-4-15-7-5-12(6-8-15)11(2)14-13(9-16)10-17-3/h11-14,16H,4-10H2,1-3H3. The first-order valence-corrected chi connectivity index (χ1v) is 6.79. The lowest BCUT2D eigenvalue weighted by Gasteiger charge is -2.35. The molecule has 17 heavy (non-hydrogen) atoms. The van der Waals surface area contributed by atoms with Crippen molar-refractivity contribution in [3.63, 3.8) is 0 Å². The Kier molecular flexibility index (Phi) is 7.04. The Hall–Kier alpha value is -0.160. The van der Waals surface area contributed by atoms with Crippen LogP contribution >= 0.6 is 0 Å². The normalized spacial score (nSPS) is 22.6. The topological polar surface area (TPSA) is 44.7 Å². The maximum absolute atomic E-state index is 9.23. The summed E-state index contributed by atoms with van der Waals surface area (Å²) in [6.45, 7) is 8.76. The van der Waals surface area contributed by atoms with Crippen molar-refractivity contribution < 1.29 is 9.84 Å². The van der Waals surface area contributed by atoms with E-state index in [1.807, 2.05) is 0 Å². The van der Waals surface area contributed by atoms with Crippen LogP contribution in [0.4, 0.5) is 0 Å². The third kappa shape index (κ3) is 4.92. The molecule has 0 aliphatic carbocycles. The maximum Gasteiger partial charge on any atom is 0.0638 e. The van der Waals surface area contributed by atoms with Gasteiger partial charge < -0.3 is 20.1 Å². The molecule has 1 rings (SSSR count). The summed E-state index contributed by atoms with van der Waals surface area (Å²) in [5.74, 6) is 0.726. The summed E-state index contributed by atoms with van der Waals surface area (Å²) in [5.41, 5.74) is 0. The van der Waals surface area contributed by atoms with Crippen LogP contribution in [0.25, 0.3) is 0 Å². The molecular weight excluding hydrogens is 216 g/mol. The number of nitrogens with one attached hydrogen (secondary N) is 1. The van der Waals surface area contributed by atoms with Crippen LogP contribution in [0.5, 0.6) is 0 Å². The Balaban J connectivity index is 2.30. The first kappa shape index (κ1) is 14.9. The molecule has 2 unspecified atom stereocenters. The number of piperidine rings is 1. The molecule has 1 aliphatic rings. The van der Waals surface area contributed by atoms with Gasteiger partial charge in [-0.05, 0) is 45.3 Å². The summed E-state index contributed by atoms with van der Waals surface area (Å²) >= 11 is 0. The van der Waals surface area contributed by atoms with Crippen LogP contribution in [0.1, 0.15) is 26.7 Å². The second-order valence-corrected chi connectivity index (χ2v) is 5.06. The molecule has 0 bridgehead atoms. The lowest BCUT2D eigenvalue weighted by atomic mass is 9.90. The average molecular weight is 244 g/mol. The third-order valence-corrected chi connectivity index (χ3v) is 3.87. The van der Waals surface area contributed by atoms with Crippen molar-refractivity contribution in [1.29, 1.82) is 0 Å². The van der Waals surface area contributed by atoms with E-state index in [4.69, 9.17) is 4.74 Å². The van der Waals surface area contributed by atoms with Gasteiger partial charge in [-0.2, -0.15) is 0 Å². The number of methoxy groups -OCH3 is 1. The molecular formula is C13H28N2O2. The van der Waals surface area contributed by atoms with Gasteiger partial charge in [0.1, 0.15) is 0 Å². The number of nitrogens with zero attached hydrogens (tertiary/aromatic N) is 1. The minimum Gasteiger partial charge on any atom is -0.395 e. The van der Waals surface area contributed by atoms with Crippen LogP contribution in [-0.2, 0) is 4.74 Å². The number of aliphatic hydroxyl groups excluding tert-OH is 1. The molecule has 2 N–H and O–H groups in total. The molecule has 1 fully saturated rings. The summed E-state index contributed by atoms with van der Waals surface area (Å²) < 4.78 is 5.09. The van der Waals surface area contributed by atoms with Crippen LogP contribution in [0.2, 0.25) is 0 Å². The van der Waals surface area contributed by atoms with Crippen molar-refractivity contribution in [2.24, 2.45) is 5.92 Å². The van der Waals surface area contributed by atoms with Gasteiger partial charge in [0.05, 0.1) is 19.3 Å². The third-order valence-electron chi connectivity index (χ3n) is 3.87. The number of rotatable bonds is 7. The zero-order chi connectivity index (χ0) is 12.7. The van der Waals surface area contributed by atoms with Crippen molar-refractivity contribution in [2.75, 3.05) is 40.0 Å². The van der Waals surface area contributed by atoms with Gasteiger partial charge in [0.15, 0.2) is 0 Å². The predicted molar refractivity (Wildman–Crippen MR) is 70.2 cm³/mol.